The minimum atomic E-state index is -0.541. The van der Waals surface area contributed by atoms with Gasteiger partial charge in [0.1, 0.15) is 17.2 Å². The quantitative estimate of drug-likeness (QED) is 0.241. The highest BCUT2D eigenvalue weighted by atomic mass is 32.2. The van der Waals surface area contributed by atoms with Crippen LogP contribution in [0.1, 0.15) is 6.92 Å². The zero-order valence-electron chi connectivity index (χ0n) is 16.6. The van der Waals surface area contributed by atoms with Crippen LogP contribution in [0.15, 0.2) is 52.0 Å². The van der Waals surface area contributed by atoms with E-state index in [-0.39, 0.29) is 28.8 Å². The highest BCUT2D eigenvalue weighted by Gasteiger charge is 2.14. The third-order valence-corrected chi connectivity index (χ3v) is 6.15. The first-order chi connectivity index (χ1) is 15.0. The van der Waals surface area contributed by atoms with Crippen molar-refractivity contribution in [3.63, 3.8) is 0 Å². The lowest BCUT2D eigenvalue weighted by Gasteiger charge is -2.10. The van der Waals surface area contributed by atoms with Crippen LogP contribution in [-0.2, 0) is 4.79 Å². The molecule has 0 saturated heterocycles. The van der Waals surface area contributed by atoms with E-state index in [0.29, 0.717) is 27.6 Å². The van der Waals surface area contributed by atoms with Crippen LogP contribution in [0.2, 0.25) is 0 Å². The Morgan fingerprint density at radius 2 is 1.94 bits per heavy atom. The lowest BCUT2D eigenvalue weighted by Crippen LogP contribution is -2.14. The molecular weight excluding hydrogens is 460 g/mol. The molecule has 0 atom stereocenters. The number of carbonyl (C=O) groups excluding carboxylic acids is 1. The molecule has 1 aromatic heterocycles. The first kappa shape index (κ1) is 22.8. The third kappa shape index (κ3) is 6.84. The van der Waals surface area contributed by atoms with E-state index in [0.717, 1.165) is 0 Å². The fraction of sp³-hybridized carbons (Fsp3) is 0.211. The number of nitro benzene ring substituents is 1. The number of anilines is 1. The number of amides is 1. The lowest BCUT2D eigenvalue weighted by atomic mass is 10.2. The summed E-state index contributed by atoms with van der Waals surface area (Å²) in [4.78, 5) is 27.3. The predicted octanol–water partition coefficient (Wildman–Crippen LogP) is 5.09. The Hall–Kier alpha value is -2.83. The van der Waals surface area contributed by atoms with Crippen molar-refractivity contribution >= 4 is 52.3 Å². The standard InChI is InChI=1S/C19H18N4O5S3/c1-3-27-14-4-6-15(7-5-14)28-16-9-12(8-13(10-16)23(25)26)20-17(24)11-30-19-21-18(29-2)22-31-19/h4-10H,3,11H2,1-2H3,(H,20,24). The molecule has 1 heterocycles. The Labute approximate surface area is 190 Å². The monoisotopic (exact) mass is 478 g/mol. The van der Waals surface area contributed by atoms with E-state index in [2.05, 4.69) is 14.7 Å². The normalized spacial score (nSPS) is 10.5. The number of benzene rings is 2. The van der Waals surface area contributed by atoms with Gasteiger partial charge in [-0.1, -0.05) is 23.5 Å². The highest BCUT2D eigenvalue weighted by molar-refractivity contribution is 8.01. The number of thioether (sulfide) groups is 2. The van der Waals surface area contributed by atoms with E-state index >= 15 is 0 Å². The van der Waals surface area contributed by atoms with Crippen molar-refractivity contribution in [3.8, 4) is 17.2 Å². The zero-order chi connectivity index (χ0) is 22.2. The largest absolute Gasteiger partial charge is 0.494 e. The van der Waals surface area contributed by atoms with Crippen LogP contribution < -0.4 is 14.8 Å². The second-order valence-corrected chi connectivity index (χ2v) is 8.61. The average Bonchev–Trinajstić information content (AvgIpc) is 3.22. The SMILES string of the molecule is CCOc1ccc(Oc2cc(NC(=O)CSc3nc(SC)ns3)cc([N+](=O)[O-])c2)cc1. The van der Waals surface area contributed by atoms with Gasteiger partial charge in [-0.2, -0.15) is 4.37 Å². The van der Waals surface area contributed by atoms with Gasteiger partial charge >= 0.3 is 0 Å². The van der Waals surface area contributed by atoms with E-state index in [4.69, 9.17) is 9.47 Å². The maximum absolute atomic E-state index is 12.3. The second kappa shape index (κ2) is 11.0. The molecule has 2 aromatic carbocycles. The molecule has 162 valence electrons. The maximum atomic E-state index is 12.3. The van der Waals surface area contributed by atoms with Gasteiger partial charge in [0.25, 0.3) is 5.69 Å². The van der Waals surface area contributed by atoms with Crippen LogP contribution in [0.3, 0.4) is 0 Å². The van der Waals surface area contributed by atoms with Crippen LogP contribution in [0.5, 0.6) is 17.2 Å². The van der Waals surface area contributed by atoms with Crippen molar-refractivity contribution in [1.82, 2.24) is 9.36 Å². The van der Waals surface area contributed by atoms with Crippen LogP contribution in [0.25, 0.3) is 0 Å². The summed E-state index contributed by atoms with van der Waals surface area (Å²) in [7, 11) is 0. The summed E-state index contributed by atoms with van der Waals surface area (Å²) < 4.78 is 15.9. The van der Waals surface area contributed by atoms with Crippen molar-refractivity contribution in [2.24, 2.45) is 0 Å². The summed E-state index contributed by atoms with van der Waals surface area (Å²) in [6.45, 7) is 2.43. The van der Waals surface area contributed by atoms with Gasteiger partial charge in [0.15, 0.2) is 4.34 Å². The fourth-order valence-electron chi connectivity index (χ4n) is 2.39. The number of hydrogen-bond donors (Lipinski definition) is 1. The van der Waals surface area contributed by atoms with Gasteiger partial charge in [0, 0.05) is 12.1 Å². The Kier molecular flexibility index (Phi) is 8.09. The number of hydrogen-bond acceptors (Lipinski definition) is 10. The fourth-order valence-corrected chi connectivity index (χ4v) is 4.40. The second-order valence-electron chi connectivity index (χ2n) is 5.86. The molecule has 0 unspecified atom stereocenters. The summed E-state index contributed by atoms with van der Waals surface area (Å²) >= 11 is 3.89. The molecule has 1 N–H and O–H groups in total. The number of nitrogens with one attached hydrogen (secondary N) is 1. The van der Waals surface area contributed by atoms with Gasteiger partial charge in [-0.25, -0.2) is 4.98 Å². The van der Waals surface area contributed by atoms with E-state index in [9.17, 15) is 14.9 Å². The Balaban J connectivity index is 1.68. The maximum Gasteiger partial charge on any atom is 0.275 e. The molecule has 12 heteroatoms. The van der Waals surface area contributed by atoms with Gasteiger partial charge in [-0.3, -0.25) is 14.9 Å². The summed E-state index contributed by atoms with van der Waals surface area (Å²) in [5.41, 5.74) is 0.0722. The molecule has 3 rings (SSSR count). The van der Waals surface area contributed by atoms with Crippen LogP contribution in [-0.4, -0.2) is 38.8 Å². The number of aromatic nitrogens is 2. The van der Waals surface area contributed by atoms with Crippen molar-refractivity contribution in [1.29, 1.82) is 0 Å². The van der Waals surface area contributed by atoms with Gasteiger partial charge in [0.05, 0.1) is 29.0 Å². The number of non-ortho nitro benzene ring substituents is 1. The minimum Gasteiger partial charge on any atom is -0.494 e. The first-order valence-electron chi connectivity index (χ1n) is 8.97. The molecule has 0 spiro atoms. The van der Waals surface area contributed by atoms with Crippen molar-refractivity contribution in [2.75, 3.05) is 23.9 Å². The Morgan fingerprint density at radius 3 is 2.58 bits per heavy atom. The van der Waals surface area contributed by atoms with E-state index in [1.165, 1.54) is 53.3 Å². The van der Waals surface area contributed by atoms with Crippen LogP contribution >= 0.6 is 35.1 Å². The lowest BCUT2D eigenvalue weighted by molar-refractivity contribution is -0.384. The predicted molar refractivity (Wildman–Crippen MR) is 122 cm³/mol. The van der Waals surface area contributed by atoms with Crippen molar-refractivity contribution in [3.05, 3.63) is 52.6 Å². The average molecular weight is 479 g/mol. The molecule has 0 bridgehead atoms. The highest BCUT2D eigenvalue weighted by Crippen LogP contribution is 2.31. The number of rotatable bonds is 10. The van der Waals surface area contributed by atoms with Gasteiger partial charge < -0.3 is 14.8 Å². The molecule has 0 aliphatic carbocycles. The van der Waals surface area contributed by atoms with E-state index < -0.39 is 4.92 Å². The number of nitro groups is 1. The van der Waals surface area contributed by atoms with E-state index in [1.54, 1.807) is 24.3 Å². The molecular formula is C19H18N4O5S3. The molecule has 0 fully saturated rings. The summed E-state index contributed by atoms with van der Waals surface area (Å²) in [5, 5.41) is 14.6. The number of nitrogens with zero attached hydrogens (tertiary/aromatic N) is 3. The van der Waals surface area contributed by atoms with Crippen LogP contribution in [0.4, 0.5) is 11.4 Å². The third-order valence-electron chi connectivity index (χ3n) is 3.65. The topological polar surface area (TPSA) is 116 Å². The molecule has 0 saturated carbocycles. The molecule has 3 aromatic rings. The molecule has 0 radical (unpaired) electrons. The summed E-state index contributed by atoms with van der Waals surface area (Å²) in [6.07, 6.45) is 1.87. The minimum absolute atomic E-state index is 0.0980. The molecule has 9 nitrogen and oxygen atoms in total. The number of carbonyl (C=O) groups is 1. The van der Waals surface area contributed by atoms with Crippen molar-refractivity contribution in [2.45, 2.75) is 16.4 Å². The van der Waals surface area contributed by atoms with Gasteiger partial charge in [-0.15, -0.1) is 0 Å². The smallest absolute Gasteiger partial charge is 0.275 e. The van der Waals surface area contributed by atoms with Crippen molar-refractivity contribution < 1.29 is 19.2 Å². The molecule has 31 heavy (non-hydrogen) atoms. The van der Waals surface area contributed by atoms with Crippen LogP contribution in [0, 0.1) is 10.1 Å². The summed E-state index contributed by atoms with van der Waals surface area (Å²) in [5.74, 6) is 1.19. The molecule has 0 aliphatic heterocycles. The number of ether oxygens (including phenoxy) is 2. The molecule has 1 amide bonds. The van der Waals surface area contributed by atoms with Gasteiger partial charge in [0.2, 0.25) is 11.1 Å². The van der Waals surface area contributed by atoms with Gasteiger partial charge in [-0.05, 0) is 49.0 Å². The Bertz CT molecular complexity index is 1060. The zero-order valence-corrected chi connectivity index (χ0v) is 19.0. The van der Waals surface area contributed by atoms with E-state index in [1.807, 2.05) is 13.2 Å². The Morgan fingerprint density at radius 1 is 1.19 bits per heavy atom. The first-order valence-corrected chi connectivity index (χ1v) is 12.0. The summed E-state index contributed by atoms with van der Waals surface area (Å²) in [6, 6.07) is 11.0. The molecule has 0 aliphatic rings.